The minimum atomic E-state index is -0.300. The Labute approximate surface area is 142 Å². The topological polar surface area (TPSA) is 52.4 Å². The van der Waals surface area contributed by atoms with Gasteiger partial charge < -0.3 is 10.1 Å². The van der Waals surface area contributed by atoms with Gasteiger partial charge in [-0.2, -0.15) is 5.32 Å². The summed E-state index contributed by atoms with van der Waals surface area (Å²) in [4.78, 5) is 11.6. The summed E-state index contributed by atoms with van der Waals surface area (Å²) in [6.07, 6.45) is 7.53. The summed E-state index contributed by atoms with van der Waals surface area (Å²) < 4.78 is 6.11. The lowest BCUT2D eigenvalue weighted by molar-refractivity contribution is 0.256. The van der Waals surface area contributed by atoms with E-state index in [1.807, 2.05) is 42.5 Å². The first-order valence-corrected chi connectivity index (χ1v) is 8.70. The van der Waals surface area contributed by atoms with Gasteiger partial charge in [0.15, 0.2) is 0 Å². The number of ether oxygens (including phenoxy) is 1. The molecule has 0 atom stereocenters. The SMILES string of the molecule is O=C1[N]c2cc(Oc3ccccc3)c(CC3CCCCC3)cc2N1. The summed E-state index contributed by atoms with van der Waals surface area (Å²) >= 11 is 0. The number of amides is 2. The summed E-state index contributed by atoms with van der Waals surface area (Å²) in [6.45, 7) is 0. The maximum Gasteiger partial charge on any atom is 0.346 e. The molecule has 0 aromatic heterocycles. The first kappa shape index (κ1) is 15.1. The largest absolute Gasteiger partial charge is 0.457 e. The van der Waals surface area contributed by atoms with Crippen LogP contribution < -0.4 is 15.4 Å². The van der Waals surface area contributed by atoms with Crippen molar-refractivity contribution in [1.29, 1.82) is 0 Å². The Morgan fingerprint density at radius 2 is 1.88 bits per heavy atom. The van der Waals surface area contributed by atoms with Gasteiger partial charge in [-0.1, -0.05) is 50.3 Å². The Bertz CT molecular complexity index is 737. The van der Waals surface area contributed by atoms with E-state index < -0.39 is 0 Å². The van der Waals surface area contributed by atoms with Gasteiger partial charge in [-0.15, -0.1) is 0 Å². The fraction of sp³-hybridized carbons (Fsp3) is 0.350. The molecule has 1 aliphatic heterocycles. The second-order valence-corrected chi connectivity index (χ2v) is 6.64. The molecule has 2 aromatic carbocycles. The molecule has 1 radical (unpaired) electrons. The number of anilines is 1. The van der Waals surface area contributed by atoms with Crippen LogP contribution in [-0.2, 0) is 6.42 Å². The minimum absolute atomic E-state index is 0.300. The Morgan fingerprint density at radius 1 is 1.08 bits per heavy atom. The van der Waals surface area contributed by atoms with Crippen LogP contribution in [0.4, 0.5) is 16.2 Å². The van der Waals surface area contributed by atoms with E-state index in [9.17, 15) is 4.79 Å². The van der Waals surface area contributed by atoms with E-state index in [-0.39, 0.29) is 6.03 Å². The predicted octanol–water partition coefficient (Wildman–Crippen LogP) is 5.38. The van der Waals surface area contributed by atoms with Gasteiger partial charge >= 0.3 is 6.03 Å². The molecule has 0 unspecified atom stereocenters. The van der Waals surface area contributed by atoms with Crippen LogP contribution in [0.2, 0.25) is 0 Å². The van der Waals surface area contributed by atoms with E-state index >= 15 is 0 Å². The monoisotopic (exact) mass is 321 g/mol. The lowest BCUT2D eigenvalue weighted by Crippen LogP contribution is -2.10. The zero-order chi connectivity index (χ0) is 16.4. The summed E-state index contributed by atoms with van der Waals surface area (Å²) in [5, 5.41) is 6.82. The molecular weight excluding hydrogens is 300 g/mol. The fourth-order valence-corrected chi connectivity index (χ4v) is 3.63. The quantitative estimate of drug-likeness (QED) is 0.821. The molecule has 4 nitrogen and oxygen atoms in total. The van der Waals surface area contributed by atoms with Gasteiger partial charge in [0.05, 0.1) is 11.4 Å². The van der Waals surface area contributed by atoms with Gasteiger partial charge in [-0.3, -0.25) is 0 Å². The molecule has 4 rings (SSSR count). The van der Waals surface area contributed by atoms with Gasteiger partial charge in [0, 0.05) is 6.07 Å². The van der Waals surface area contributed by atoms with E-state index in [0.29, 0.717) is 11.6 Å². The lowest BCUT2D eigenvalue weighted by Gasteiger charge is -2.23. The maximum absolute atomic E-state index is 11.6. The van der Waals surface area contributed by atoms with Crippen molar-refractivity contribution in [1.82, 2.24) is 5.32 Å². The van der Waals surface area contributed by atoms with Crippen LogP contribution in [0, 0.1) is 5.92 Å². The Balaban J connectivity index is 1.64. The predicted molar refractivity (Wildman–Crippen MR) is 94.0 cm³/mol. The standard InChI is InChI=1S/C20H21N2O2/c23-20-21-17-12-15(11-14-7-3-1-4-8-14)19(13-18(17)22-20)24-16-9-5-2-6-10-16/h2,5-6,9-10,12-14H,1,3-4,7-8,11H2,(H,21,23). The highest BCUT2D eigenvalue weighted by Gasteiger charge is 2.24. The minimum Gasteiger partial charge on any atom is -0.457 e. The van der Waals surface area contributed by atoms with Crippen LogP contribution in [-0.4, -0.2) is 6.03 Å². The molecule has 2 aromatic rings. The van der Waals surface area contributed by atoms with Gasteiger partial charge in [0.1, 0.15) is 11.5 Å². The van der Waals surface area contributed by atoms with Crippen molar-refractivity contribution in [3.63, 3.8) is 0 Å². The highest BCUT2D eigenvalue weighted by atomic mass is 16.5. The number of hydrogen-bond acceptors (Lipinski definition) is 2. The molecule has 2 amide bonds. The molecule has 24 heavy (non-hydrogen) atoms. The number of rotatable bonds is 4. The van der Waals surface area contributed by atoms with E-state index in [4.69, 9.17) is 4.74 Å². The zero-order valence-corrected chi connectivity index (χ0v) is 13.6. The van der Waals surface area contributed by atoms with Crippen LogP contribution in [0.3, 0.4) is 0 Å². The third kappa shape index (κ3) is 3.23. The normalized spacial score (nSPS) is 17.1. The van der Waals surface area contributed by atoms with E-state index in [1.165, 1.54) is 32.1 Å². The van der Waals surface area contributed by atoms with Gasteiger partial charge in [0.25, 0.3) is 0 Å². The van der Waals surface area contributed by atoms with Gasteiger partial charge in [-0.05, 0) is 36.1 Å². The van der Waals surface area contributed by atoms with E-state index in [2.05, 4.69) is 10.6 Å². The number of fused-ring (bicyclic) bond motifs is 1. The molecule has 0 bridgehead atoms. The first-order chi connectivity index (χ1) is 11.8. The summed E-state index contributed by atoms with van der Waals surface area (Å²) in [6, 6.07) is 13.4. The number of carbonyl (C=O) groups is 1. The molecule has 4 heteroatoms. The number of urea groups is 1. The molecule has 1 fully saturated rings. The van der Waals surface area contributed by atoms with Gasteiger partial charge in [-0.25, -0.2) is 4.79 Å². The van der Waals surface area contributed by atoms with Crippen molar-refractivity contribution >= 4 is 17.4 Å². The maximum atomic E-state index is 11.6. The highest BCUT2D eigenvalue weighted by Crippen LogP contribution is 2.39. The third-order valence-corrected chi connectivity index (χ3v) is 4.85. The van der Waals surface area contributed by atoms with E-state index in [1.54, 1.807) is 0 Å². The zero-order valence-electron chi connectivity index (χ0n) is 13.6. The number of carbonyl (C=O) groups excluding carboxylic acids is 1. The molecule has 1 N–H and O–H groups in total. The molecular formula is C20H21N2O2. The number of para-hydroxylation sites is 1. The van der Waals surface area contributed by atoms with Crippen LogP contribution in [0.15, 0.2) is 42.5 Å². The lowest BCUT2D eigenvalue weighted by atomic mass is 9.84. The number of hydrogen-bond donors (Lipinski definition) is 1. The van der Waals surface area contributed by atoms with Crippen molar-refractivity contribution in [2.75, 3.05) is 5.32 Å². The Kier molecular flexibility index (Phi) is 4.11. The van der Waals surface area contributed by atoms with Crippen LogP contribution in [0.5, 0.6) is 11.5 Å². The average Bonchev–Trinajstić information content (AvgIpc) is 2.96. The van der Waals surface area contributed by atoms with Crippen LogP contribution in [0.1, 0.15) is 37.7 Å². The molecule has 1 saturated carbocycles. The second-order valence-electron chi connectivity index (χ2n) is 6.64. The summed E-state index contributed by atoms with van der Waals surface area (Å²) in [7, 11) is 0. The van der Waals surface area contributed by atoms with Crippen molar-refractivity contribution < 1.29 is 9.53 Å². The molecule has 2 aliphatic rings. The average molecular weight is 321 g/mol. The van der Waals surface area contributed by atoms with Crippen molar-refractivity contribution in [3.8, 4) is 11.5 Å². The first-order valence-electron chi connectivity index (χ1n) is 8.70. The Morgan fingerprint density at radius 3 is 2.67 bits per heavy atom. The Hall–Kier alpha value is -2.49. The van der Waals surface area contributed by atoms with Crippen LogP contribution in [0.25, 0.3) is 0 Å². The number of benzene rings is 2. The molecule has 123 valence electrons. The summed E-state index contributed by atoms with van der Waals surface area (Å²) in [5.41, 5.74) is 2.62. The van der Waals surface area contributed by atoms with E-state index in [0.717, 1.165) is 29.2 Å². The van der Waals surface area contributed by atoms with Crippen molar-refractivity contribution in [2.24, 2.45) is 5.92 Å². The molecule has 0 saturated heterocycles. The molecule has 0 spiro atoms. The number of nitrogens with one attached hydrogen (secondary N) is 1. The van der Waals surface area contributed by atoms with Gasteiger partial charge in [0.2, 0.25) is 0 Å². The van der Waals surface area contributed by atoms with Crippen molar-refractivity contribution in [2.45, 2.75) is 38.5 Å². The third-order valence-electron chi connectivity index (χ3n) is 4.85. The number of nitrogens with zero attached hydrogens (tertiary/aromatic N) is 1. The second kappa shape index (κ2) is 6.56. The van der Waals surface area contributed by atoms with Crippen LogP contribution >= 0.6 is 0 Å². The molecule has 1 aliphatic carbocycles. The smallest absolute Gasteiger partial charge is 0.346 e. The molecule has 1 heterocycles. The summed E-state index contributed by atoms with van der Waals surface area (Å²) in [5.74, 6) is 2.31. The fourth-order valence-electron chi connectivity index (χ4n) is 3.63. The highest BCUT2D eigenvalue weighted by molar-refractivity contribution is 6.02. The van der Waals surface area contributed by atoms with Crippen molar-refractivity contribution in [3.05, 3.63) is 48.0 Å².